The van der Waals surface area contributed by atoms with Crippen molar-refractivity contribution < 1.29 is 76.5 Å². The Morgan fingerprint density at radius 2 is 1.22 bits per heavy atom. The van der Waals surface area contributed by atoms with Crippen LogP contribution in [0.4, 0.5) is 5.82 Å². The number of aliphatic hydroxyl groups excluding tert-OH is 4. The van der Waals surface area contributed by atoms with Crippen LogP contribution in [0.2, 0.25) is 0 Å². The SMILES string of the molecule is CCCCC/C=C\C[C@@H](O)[C@H](O)CCCCCCCC(=O)OC[C@H](COP(=O)(O)OP(=O)(O)OC[C@H]1O[C@@H](n2ccc(N)nc2=O)[C@H](O)[C@@H]1O)OC(=O)CCCCCCCCC/C=C\CCCCCCCC. The van der Waals surface area contributed by atoms with Gasteiger partial charge in [-0.1, -0.05) is 141 Å². The van der Waals surface area contributed by atoms with Crippen molar-refractivity contribution >= 4 is 33.4 Å². The van der Waals surface area contributed by atoms with Crippen molar-refractivity contribution in [1.29, 1.82) is 0 Å². The van der Waals surface area contributed by atoms with Crippen LogP contribution in [0.1, 0.15) is 200 Å². The zero-order valence-electron chi connectivity index (χ0n) is 43.0. The lowest BCUT2D eigenvalue weighted by atomic mass is 10.0. The van der Waals surface area contributed by atoms with Crippen molar-refractivity contribution in [1.82, 2.24) is 9.55 Å². The first-order valence-corrected chi connectivity index (χ1v) is 29.5. The summed E-state index contributed by atoms with van der Waals surface area (Å²) >= 11 is 0. The van der Waals surface area contributed by atoms with Gasteiger partial charge in [0.15, 0.2) is 12.3 Å². The molecule has 0 aromatic carbocycles. The molecule has 2 unspecified atom stereocenters. The van der Waals surface area contributed by atoms with Crippen LogP contribution < -0.4 is 11.4 Å². The number of esters is 2. The minimum Gasteiger partial charge on any atom is -0.462 e. The number of allylic oxidation sites excluding steroid dienone is 3. The van der Waals surface area contributed by atoms with Crippen molar-refractivity contribution in [2.75, 3.05) is 25.6 Å². The molecule has 0 aliphatic carbocycles. The molecule has 0 spiro atoms. The Bertz CT molecular complexity index is 1840. The molecule has 72 heavy (non-hydrogen) atoms. The third kappa shape index (κ3) is 30.5. The summed E-state index contributed by atoms with van der Waals surface area (Å²) < 4.78 is 56.7. The molecule has 2 heterocycles. The molecule has 1 aliphatic rings. The van der Waals surface area contributed by atoms with Gasteiger partial charge >= 0.3 is 33.3 Å². The topological polar surface area (TPSA) is 306 Å². The normalized spacial score (nSPS) is 20.1. The van der Waals surface area contributed by atoms with E-state index in [2.05, 4.69) is 35.3 Å². The lowest BCUT2D eigenvalue weighted by Gasteiger charge is -2.21. The van der Waals surface area contributed by atoms with E-state index in [1.165, 1.54) is 44.6 Å². The van der Waals surface area contributed by atoms with Crippen LogP contribution in [-0.4, -0.2) is 108 Å². The smallest absolute Gasteiger partial charge is 0.462 e. The van der Waals surface area contributed by atoms with Gasteiger partial charge in [-0.3, -0.25) is 23.2 Å². The minimum absolute atomic E-state index is 0.0150. The van der Waals surface area contributed by atoms with Crippen molar-refractivity contribution in [2.45, 2.75) is 236 Å². The molecule has 0 amide bonds. The van der Waals surface area contributed by atoms with Crippen LogP contribution in [-0.2, 0) is 46.3 Å². The van der Waals surface area contributed by atoms with Gasteiger partial charge in [-0.25, -0.2) is 13.9 Å². The molecular weight excluding hydrogens is 977 g/mol. The number of aromatic nitrogens is 2. The van der Waals surface area contributed by atoms with E-state index in [1.54, 1.807) is 0 Å². The Morgan fingerprint density at radius 1 is 0.708 bits per heavy atom. The second-order valence-corrected chi connectivity index (χ2v) is 21.7. The number of nitrogen functional groups attached to an aromatic ring is 1. The fraction of sp³-hybridized carbons (Fsp3) is 0.800. The van der Waals surface area contributed by atoms with Gasteiger partial charge in [-0.15, -0.1) is 0 Å². The van der Waals surface area contributed by atoms with Gasteiger partial charge in [0.1, 0.15) is 30.7 Å². The van der Waals surface area contributed by atoms with Gasteiger partial charge in [0.2, 0.25) is 0 Å². The number of carbonyl (C=O) groups excluding carboxylic acids is 2. The maximum Gasteiger partial charge on any atom is 0.481 e. The zero-order chi connectivity index (χ0) is 53.0. The lowest BCUT2D eigenvalue weighted by Crippen LogP contribution is -2.36. The number of phosphoric acid groups is 2. The summed E-state index contributed by atoms with van der Waals surface area (Å²) in [5, 5.41) is 41.5. The third-order valence-corrected chi connectivity index (χ3v) is 14.8. The van der Waals surface area contributed by atoms with Gasteiger partial charge in [0.05, 0.1) is 25.4 Å². The van der Waals surface area contributed by atoms with Crippen molar-refractivity contribution in [3.63, 3.8) is 0 Å². The van der Waals surface area contributed by atoms with Gasteiger partial charge in [0.25, 0.3) is 0 Å². The van der Waals surface area contributed by atoms with Crippen LogP contribution >= 0.6 is 15.6 Å². The van der Waals surface area contributed by atoms with E-state index in [0.29, 0.717) is 38.5 Å². The lowest BCUT2D eigenvalue weighted by molar-refractivity contribution is -0.161. The molecule has 0 radical (unpaired) electrons. The Balaban J connectivity index is 1.82. The highest BCUT2D eigenvalue weighted by atomic mass is 31.3. The predicted molar refractivity (Wildman–Crippen MR) is 273 cm³/mol. The number of rotatable bonds is 44. The van der Waals surface area contributed by atoms with E-state index in [9.17, 15) is 53.7 Å². The Labute approximate surface area is 427 Å². The zero-order valence-corrected chi connectivity index (χ0v) is 44.8. The number of hydrogen-bond acceptors (Lipinski definition) is 17. The van der Waals surface area contributed by atoms with Crippen LogP contribution in [0.25, 0.3) is 0 Å². The average molecular weight is 1070 g/mol. The molecule has 0 saturated carbocycles. The molecule has 1 fully saturated rings. The molecule has 1 aromatic rings. The number of phosphoric ester groups is 2. The number of hydrogen-bond donors (Lipinski definition) is 7. The van der Waals surface area contributed by atoms with E-state index in [0.717, 1.165) is 101 Å². The van der Waals surface area contributed by atoms with Crippen LogP contribution in [0, 0.1) is 0 Å². The molecule has 9 atom stereocenters. The summed E-state index contributed by atoms with van der Waals surface area (Å²) in [6.07, 6.45) is 25.5. The Hall–Kier alpha value is -2.84. The summed E-state index contributed by atoms with van der Waals surface area (Å²) in [6, 6.07) is 1.24. The first kappa shape index (κ1) is 65.3. The summed E-state index contributed by atoms with van der Waals surface area (Å²) in [7, 11) is -10.9. The molecule has 20 nitrogen and oxygen atoms in total. The second-order valence-electron chi connectivity index (χ2n) is 18.7. The number of nitrogens with zero attached hydrogens (tertiary/aromatic N) is 2. The maximum absolute atomic E-state index is 12.9. The number of unbranched alkanes of at least 4 members (excludes halogenated alkanes) is 20. The molecule has 1 aromatic heterocycles. The van der Waals surface area contributed by atoms with E-state index < -0.39 is 95.9 Å². The minimum atomic E-state index is -5.45. The fourth-order valence-electron chi connectivity index (χ4n) is 7.92. The maximum atomic E-state index is 12.9. The number of nitrogens with two attached hydrogens (primary N) is 1. The summed E-state index contributed by atoms with van der Waals surface area (Å²) in [4.78, 5) is 62.0. The highest BCUT2D eigenvalue weighted by molar-refractivity contribution is 7.61. The molecule has 8 N–H and O–H groups in total. The monoisotopic (exact) mass is 1070 g/mol. The molecule has 1 aliphatic heterocycles. The highest BCUT2D eigenvalue weighted by Crippen LogP contribution is 2.60. The Kier molecular flexibility index (Phi) is 35.1. The summed E-state index contributed by atoms with van der Waals surface area (Å²) in [5.41, 5.74) is 4.58. The van der Waals surface area contributed by atoms with E-state index in [-0.39, 0.29) is 18.7 Å². The van der Waals surface area contributed by atoms with Gasteiger partial charge in [0, 0.05) is 19.0 Å². The summed E-state index contributed by atoms with van der Waals surface area (Å²) in [5.74, 6) is -1.42. The number of anilines is 1. The molecule has 416 valence electrons. The molecular formula is C50H89N3O17P2. The van der Waals surface area contributed by atoms with Crippen LogP contribution in [0.5, 0.6) is 0 Å². The number of ether oxygens (including phenoxy) is 3. The predicted octanol–water partition coefficient (Wildman–Crippen LogP) is 8.95. The largest absolute Gasteiger partial charge is 0.481 e. The van der Waals surface area contributed by atoms with Crippen molar-refractivity contribution in [2.24, 2.45) is 0 Å². The third-order valence-electron chi connectivity index (χ3n) is 12.2. The quantitative estimate of drug-likeness (QED) is 0.0139. The van der Waals surface area contributed by atoms with E-state index in [1.807, 2.05) is 12.2 Å². The van der Waals surface area contributed by atoms with Gasteiger partial charge in [-0.05, 0) is 70.3 Å². The van der Waals surface area contributed by atoms with Crippen molar-refractivity contribution in [3.05, 3.63) is 47.1 Å². The number of aliphatic hydroxyl groups is 4. The van der Waals surface area contributed by atoms with E-state index in [4.69, 9.17) is 29.0 Å². The first-order chi connectivity index (χ1) is 34.5. The molecule has 22 heteroatoms. The average Bonchev–Trinajstić information content (AvgIpc) is 3.61. The standard InChI is InChI=1S/C50H89N3O17P2/c1-3-5-7-9-11-12-13-14-15-16-17-18-19-20-21-25-30-34-46(57)68-40(37-65-45(56)33-29-26-22-24-28-32-42(55)41(54)31-27-23-10-8-6-4-2)38-66-71(61,62)70-72(63,64)67-39-43-47(58)48(59)49(69-43)53-36-35-44(51)52-50(53)60/h14-15,23,27,35-36,40-43,47-49,54-55,58-59H,3-13,16-22,24-26,28-34,37-39H2,1-2H3,(H,61,62)(H,63,64)(H2,51,52,60)/b15-14-,27-23-/t40-,41-,42-,43-,47-,48-,49-/m1/s1. The van der Waals surface area contributed by atoms with Crippen LogP contribution in [0.3, 0.4) is 0 Å². The Morgan fingerprint density at radius 3 is 1.83 bits per heavy atom. The van der Waals surface area contributed by atoms with Gasteiger partial charge < -0.3 is 50.2 Å². The second kappa shape index (κ2) is 38.7. The molecule has 2 rings (SSSR count). The van der Waals surface area contributed by atoms with Crippen molar-refractivity contribution in [3.8, 4) is 0 Å². The summed E-state index contributed by atoms with van der Waals surface area (Å²) in [6.45, 7) is 1.96. The highest BCUT2D eigenvalue weighted by Gasteiger charge is 2.46. The van der Waals surface area contributed by atoms with E-state index >= 15 is 0 Å². The molecule has 1 saturated heterocycles. The molecule has 0 bridgehead atoms. The van der Waals surface area contributed by atoms with Crippen LogP contribution in [0.15, 0.2) is 41.4 Å². The fourth-order valence-corrected chi connectivity index (χ4v) is 10.0. The number of carbonyl (C=O) groups is 2. The van der Waals surface area contributed by atoms with Gasteiger partial charge in [-0.2, -0.15) is 9.29 Å². The first-order valence-electron chi connectivity index (χ1n) is 26.5.